The van der Waals surface area contributed by atoms with Crippen LogP contribution < -0.4 is 5.32 Å². The van der Waals surface area contributed by atoms with Gasteiger partial charge in [-0.15, -0.1) is 0 Å². The number of nitrogens with zero attached hydrogens (tertiary/aromatic N) is 3. The topological polar surface area (TPSA) is 70.7 Å². The van der Waals surface area contributed by atoms with E-state index < -0.39 is 6.17 Å². The maximum atomic E-state index is 11.0. The first kappa shape index (κ1) is 9.26. The van der Waals surface area contributed by atoms with E-state index in [1.807, 2.05) is 6.07 Å². The second kappa shape index (κ2) is 4.26. The molecule has 0 spiro atoms. The summed E-state index contributed by atoms with van der Waals surface area (Å²) in [6.45, 7) is 1.73. The molecule has 1 atom stereocenters. The summed E-state index contributed by atoms with van der Waals surface area (Å²) in [7, 11) is 0. The van der Waals surface area contributed by atoms with E-state index in [-0.39, 0.29) is 5.91 Å². The van der Waals surface area contributed by atoms with E-state index in [1.54, 1.807) is 25.4 Å². The highest BCUT2D eigenvalue weighted by Crippen LogP contribution is 1.98. The Labute approximate surface area is 76.0 Å². The van der Waals surface area contributed by atoms with Gasteiger partial charge in [-0.1, -0.05) is 6.92 Å². The molecule has 1 heterocycles. The van der Waals surface area contributed by atoms with E-state index in [2.05, 4.69) is 10.4 Å². The van der Waals surface area contributed by atoms with Crippen molar-refractivity contribution in [2.24, 2.45) is 0 Å². The number of hydrogen-bond donors (Lipinski definition) is 1. The van der Waals surface area contributed by atoms with Gasteiger partial charge in [-0.2, -0.15) is 10.4 Å². The third-order valence-electron chi connectivity index (χ3n) is 1.53. The van der Waals surface area contributed by atoms with Gasteiger partial charge in [-0.3, -0.25) is 4.79 Å². The summed E-state index contributed by atoms with van der Waals surface area (Å²) in [5, 5.41) is 15.1. The van der Waals surface area contributed by atoms with Gasteiger partial charge in [0.25, 0.3) is 0 Å². The minimum absolute atomic E-state index is 0.165. The first-order valence-electron chi connectivity index (χ1n) is 3.96. The first-order valence-corrected chi connectivity index (χ1v) is 3.96. The minimum atomic E-state index is -0.706. The first-order chi connectivity index (χ1) is 6.27. The molecule has 0 aliphatic rings. The van der Waals surface area contributed by atoms with Gasteiger partial charge in [0, 0.05) is 18.8 Å². The summed E-state index contributed by atoms with van der Waals surface area (Å²) in [6.07, 6.45) is 2.84. The number of carbonyl (C=O) groups is 1. The van der Waals surface area contributed by atoms with Crippen LogP contribution in [0, 0.1) is 11.3 Å². The number of nitrogens with one attached hydrogen (secondary N) is 1. The van der Waals surface area contributed by atoms with Crippen LogP contribution in [0.1, 0.15) is 19.5 Å². The number of amides is 1. The van der Waals surface area contributed by atoms with Gasteiger partial charge in [0.05, 0.1) is 0 Å². The zero-order valence-corrected chi connectivity index (χ0v) is 7.27. The normalized spacial score (nSPS) is 11.7. The second-order valence-corrected chi connectivity index (χ2v) is 2.44. The smallest absolute Gasteiger partial charge is 0.222 e. The fourth-order valence-electron chi connectivity index (χ4n) is 0.845. The SMILES string of the molecule is CCC(=O)NC(C#N)n1cccn1. The van der Waals surface area contributed by atoms with Crippen molar-refractivity contribution in [3.8, 4) is 6.07 Å². The Morgan fingerprint density at radius 2 is 2.62 bits per heavy atom. The van der Waals surface area contributed by atoms with Crippen molar-refractivity contribution in [2.45, 2.75) is 19.5 Å². The van der Waals surface area contributed by atoms with E-state index in [0.717, 1.165) is 0 Å². The standard InChI is InChI=1S/C8H10N4O/c1-2-8(13)11-7(6-9)12-5-3-4-10-12/h3-5,7H,2H2,1H3,(H,11,13). The lowest BCUT2D eigenvalue weighted by atomic mass is 10.4. The van der Waals surface area contributed by atoms with E-state index in [4.69, 9.17) is 5.26 Å². The third kappa shape index (κ3) is 2.30. The van der Waals surface area contributed by atoms with Crippen molar-refractivity contribution in [1.29, 1.82) is 5.26 Å². The van der Waals surface area contributed by atoms with Crippen molar-refractivity contribution in [3.05, 3.63) is 18.5 Å². The van der Waals surface area contributed by atoms with Crippen molar-refractivity contribution in [2.75, 3.05) is 0 Å². The van der Waals surface area contributed by atoms with Crippen LogP contribution in [0.25, 0.3) is 0 Å². The molecule has 1 aromatic heterocycles. The van der Waals surface area contributed by atoms with Gasteiger partial charge < -0.3 is 5.32 Å². The highest BCUT2D eigenvalue weighted by molar-refractivity contribution is 5.75. The molecule has 1 unspecified atom stereocenters. The molecule has 1 amide bonds. The summed E-state index contributed by atoms with van der Waals surface area (Å²) in [6, 6.07) is 3.64. The van der Waals surface area contributed by atoms with Gasteiger partial charge in [-0.05, 0) is 6.07 Å². The second-order valence-electron chi connectivity index (χ2n) is 2.44. The van der Waals surface area contributed by atoms with Crippen molar-refractivity contribution in [1.82, 2.24) is 15.1 Å². The molecule has 0 saturated heterocycles. The van der Waals surface area contributed by atoms with E-state index >= 15 is 0 Å². The summed E-state index contributed by atoms with van der Waals surface area (Å²) in [4.78, 5) is 11.0. The maximum absolute atomic E-state index is 11.0. The summed E-state index contributed by atoms with van der Waals surface area (Å²) < 4.78 is 1.40. The number of aromatic nitrogens is 2. The Bertz CT molecular complexity index is 311. The van der Waals surface area contributed by atoms with E-state index in [0.29, 0.717) is 6.42 Å². The fourth-order valence-corrected chi connectivity index (χ4v) is 0.845. The molecule has 0 aliphatic heterocycles. The monoisotopic (exact) mass is 178 g/mol. The molecule has 1 aromatic rings. The molecule has 0 aliphatic carbocycles. The third-order valence-corrected chi connectivity index (χ3v) is 1.53. The average molecular weight is 178 g/mol. The van der Waals surface area contributed by atoms with Crippen molar-refractivity contribution < 1.29 is 4.79 Å². The minimum Gasteiger partial charge on any atom is -0.322 e. The lowest BCUT2D eigenvalue weighted by Gasteiger charge is -2.10. The quantitative estimate of drug-likeness (QED) is 0.729. The molecule has 5 heteroatoms. The number of nitriles is 1. The molecule has 1 rings (SSSR count). The van der Waals surface area contributed by atoms with Gasteiger partial charge in [-0.25, -0.2) is 4.68 Å². The zero-order chi connectivity index (χ0) is 9.68. The Morgan fingerprint density at radius 3 is 3.08 bits per heavy atom. The molecule has 5 nitrogen and oxygen atoms in total. The van der Waals surface area contributed by atoms with Crippen LogP contribution in [0.3, 0.4) is 0 Å². The largest absolute Gasteiger partial charge is 0.322 e. The predicted octanol–water partition coefficient (Wildman–Crippen LogP) is 0.431. The van der Waals surface area contributed by atoms with Crippen LogP contribution in [-0.4, -0.2) is 15.7 Å². The molecular weight excluding hydrogens is 168 g/mol. The van der Waals surface area contributed by atoms with Gasteiger partial charge in [0.1, 0.15) is 6.07 Å². The van der Waals surface area contributed by atoms with Crippen molar-refractivity contribution in [3.63, 3.8) is 0 Å². The lowest BCUT2D eigenvalue weighted by molar-refractivity contribution is -0.121. The maximum Gasteiger partial charge on any atom is 0.222 e. The highest BCUT2D eigenvalue weighted by atomic mass is 16.1. The van der Waals surface area contributed by atoms with Crippen LogP contribution in [0.2, 0.25) is 0 Å². The number of carbonyl (C=O) groups excluding carboxylic acids is 1. The Balaban J connectivity index is 2.66. The molecule has 68 valence electrons. The van der Waals surface area contributed by atoms with Gasteiger partial charge in [0.15, 0.2) is 0 Å². The van der Waals surface area contributed by atoms with Crippen LogP contribution in [-0.2, 0) is 4.79 Å². The van der Waals surface area contributed by atoms with Crippen LogP contribution >= 0.6 is 0 Å². The summed E-state index contributed by atoms with van der Waals surface area (Å²) >= 11 is 0. The Kier molecular flexibility index (Phi) is 3.03. The van der Waals surface area contributed by atoms with Crippen LogP contribution in [0.15, 0.2) is 18.5 Å². The van der Waals surface area contributed by atoms with Crippen LogP contribution in [0.4, 0.5) is 0 Å². The predicted molar refractivity (Wildman–Crippen MR) is 45.3 cm³/mol. The van der Waals surface area contributed by atoms with Gasteiger partial charge >= 0.3 is 0 Å². The lowest BCUT2D eigenvalue weighted by Crippen LogP contribution is -2.31. The molecule has 0 fully saturated rings. The van der Waals surface area contributed by atoms with Gasteiger partial charge in [0.2, 0.25) is 12.1 Å². The van der Waals surface area contributed by atoms with Crippen LogP contribution in [0.5, 0.6) is 0 Å². The molecule has 0 bridgehead atoms. The van der Waals surface area contributed by atoms with Crippen molar-refractivity contribution >= 4 is 5.91 Å². The van der Waals surface area contributed by atoms with E-state index in [1.165, 1.54) is 4.68 Å². The molecule has 0 saturated carbocycles. The molecule has 0 aromatic carbocycles. The Hall–Kier alpha value is -1.83. The van der Waals surface area contributed by atoms with E-state index in [9.17, 15) is 4.79 Å². The average Bonchev–Trinajstić information content (AvgIpc) is 2.66. The molecule has 0 radical (unpaired) electrons. The summed E-state index contributed by atoms with van der Waals surface area (Å²) in [5.41, 5.74) is 0. The Morgan fingerprint density at radius 1 is 1.85 bits per heavy atom. The molecule has 13 heavy (non-hydrogen) atoms. The fraction of sp³-hybridized carbons (Fsp3) is 0.375. The highest BCUT2D eigenvalue weighted by Gasteiger charge is 2.10. The zero-order valence-electron chi connectivity index (χ0n) is 7.27. The molecule has 1 N–H and O–H groups in total. The molecular formula is C8H10N4O. The number of hydrogen-bond acceptors (Lipinski definition) is 3. The number of rotatable bonds is 3. The summed E-state index contributed by atoms with van der Waals surface area (Å²) in [5.74, 6) is -0.165.